The summed E-state index contributed by atoms with van der Waals surface area (Å²) in [6.45, 7) is 1.87. The van der Waals surface area contributed by atoms with Crippen LogP contribution in [0.5, 0.6) is 5.75 Å². The first-order valence-electron chi connectivity index (χ1n) is 8.11. The van der Waals surface area contributed by atoms with Crippen molar-refractivity contribution in [1.82, 2.24) is 13.7 Å². The van der Waals surface area contributed by atoms with Crippen molar-refractivity contribution in [3.63, 3.8) is 0 Å². The Morgan fingerprint density at radius 1 is 1.30 bits per heavy atom. The number of halogens is 4. The molecule has 0 radical (unpaired) electrons. The quantitative estimate of drug-likeness (QED) is 0.488. The Balaban J connectivity index is 1.97. The Morgan fingerprint density at radius 2 is 2.00 bits per heavy atom. The molecule has 0 unspecified atom stereocenters. The molecule has 27 heavy (non-hydrogen) atoms. The monoisotopic (exact) mass is 415 g/mol. The number of fused-ring (bicyclic) bond motifs is 1. The Kier molecular flexibility index (Phi) is 5.88. The van der Waals surface area contributed by atoms with E-state index in [9.17, 15) is 13.2 Å². The van der Waals surface area contributed by atoms with Crippen LogP contribution in [-0.2, 0) is 0 Å². The van der Waals surface area contributed by atoms with Crippen molar-refractivity contribution in [2.24, 2.45) is 0 Å². The van der Waals surface area contributed by atoms with E-state index in [0.29, 0.717) is 21.3 Å². The van der Waals surface area contributed by atoms with Crippen LogP contribution < -0.4 is 4.74 Å². The zero-order chi connectivity index (χ0) is 19.6. The van der Waals surface area contributed by atoms with E-state index in [2.05, 4.69) is 4.98 Å². The van der Waals surface area contributed by atoms with Crippen LogP contribution >= 0.6 is 23.5 Å². The van der Waals surface area contributed by atoms with Gasteiger partial charge in [-0.1, -0.05) is 30.7 Å². The van der Waals surface area contributed by atoms with Gasteiger partial charge in [-0.15, -0.1) is 0 Å². The summed E-state index contributed by atoms with van der Waals surface area (Å²) in [6, 6.07) is 5.66. The third kappa shape index (κ3) is 4.34. The molecule has 1 atom stereocenters. The van der Waals surface area contributed by atoms with Crippen molar-refractivity contribution in [2.45, 2.75) is 24.0 Å². The standard InChI is InChI=1S/C18H17ClF3N3OS/c1-3-25(16(18(20,21)22)12-4-6-13(19)7-5-12)27-14-10-15(26-2)17-23-8-9-24(17)11-14/h4-11,16H,3H2,1-2H3/t16-/m1/s1. The molecule has 9 heteroatoms. The average molecular weight is 416 g/mol. The van der Waals surface area contributed by atoms with E-state index in [-0.39, 0.29) is 12.1 Å². The van der Waals surface area contributed by atoms with Crippen LogP contribution in [-0.4, -0.2) is 33.5 Å². The molecule has 2 heterocycles. The van der Waals surface area contributed by atoms with Crippen LogP contribution in [0.1, 0.15) is 18.5 Å². The lowest BCUT2D eigenvalue weighted by atomic mass is 10.1. The van der Waals surface area contributed by atoms with Crippen LogP contribution in [0, 0.1) is 0 Å². The van der Waals surface area contributed by atoms with Gasteiger partial charge >= 0.3 is 6.18 Å². The number of benzene rings is 1. The second kappa shape index (κ2) is 8.00. The number of ether oxygens (including phenoxy) is 1. The fourth-order valence-electron chi connectivity index (χ4n) is 2.78. The summed E-state index contributed by atoms with van der Waals surface area (Å²) >= 11 is 6.85. The zero-order valence-corrected chi connectivity index (χ0v) is 16.1. The molecule has 4 nitrogen and oxygen atoms in total. The molecule has 0 saturated heterocycles. The van der Waals surface area contributed by atoms with E-state index < -0.39 is 12.2 Å². The highest BCUT2D eigenvalue weighted by Crippen LogP contribution is 2.43. The van der Waals surface area contributed by atoms with Gasteiger partial charge in [0.15, 0.2) is 11.4 Å². The first-order chi connectivity index (χ1) is 12.8. The highest BCUT2D eigenvalue weighted by molar-refractivity contribution is 7.97. The van der Waals surface area contributed by atoms with Crippen LogP contribution in [0.2, 0.25) is 5.02 Å². The molecule has 0 bridgehead atoms. The lowest BCUT2D eigenvalue weighted by Crippen LogP contribution is -2.34. The number of alkyl halides is 3. The Hall–Kier alpha value is -1.90. The molecule has 3 rings (SSSR count). The molecule has 2 aromatic heterocycles. The Labute approximate surface area is 164 Å². The van der Waals surface area contributed by atoms with Crippen molar-refractivity contribution in [2.75, 3.05) is 13.7 Å². The minimum atomic E-state index is -4.44. The minimum absolute atomic E-state index is 0.136. The highest BCUT2D eigenvalue weighted by Gasteiger charge is 2.44. The molecule has 0 spiro atoms. The number of rotatable bonds is 6. The molecule has 0 aliphatic carbocycles. The topological polar surface area (TPSA) is 29.8 Å². The number of hydrogen-bond donors (Lipinski definition) is 0. The predicted octanol–water partition coefficient (Wildman–Crippen LogP) is 5.63. The summed E-state index contributed by atoms with van der Waals surface area (Å²) in [5.74, 6) is 0.496. The number of hydrogen-bond acceptors (Lipinski definition) is 4. The molecule has 0 amide bonds. The highest BCUT2D eigenvalue weighted by atomic mass is 35.5. The number of aromatic nitrogens is 2. The number of nitrogens with zero attached hydrogens (tertiary/aromatic N) is 3. The molecule has 3 aromatic rings. The smallest absolute Gasteiger partial charge is 0.408 e. The third-order valence-electron chi connectivity index (χ3n) is 3.97. The van der Waals surface area contributed by atoms with E-state index in [1.165, 1.54) is 35.7 Å². The van der Waals surface area contributed by atoms with Crippen LogP contribution in [0.4, 0.5) is 13.2 Å². The van der Waals surface area contributed by atoms with E-state index >= 15 is 0 Å². The van der Waals surface area contributed by atoms with Crippen molar-refractivity contribution in [3.05, 3.63) is 59.5 Å². The first-order valence-corrected chi connectivity index (χ1v) is 9.26. The maximum Gasteiger partial charge on any atom is 0.408 e. The molecule has 0 fully saturated rings. The van der Waals surface area contributed by atoms with Gasteiger partial charge < -0.3 is 9.14 Å². The molecule has 1 aromatic carbocycles. The summed E-state index contributed by atoms with van der Waals surface area (Å²) in [5.41, 5.74) is 0.742. The Morgan fingerprint density at radius 3 is 2.59 bits per heavy atom. The van der Waals surface area contributed by atoms with Gasteiger partial charge in [0.1, 0.15) is 6.04 Å². The second-order valence-electron chi connectivity index (χ2n) is 5.72. The first kappa shape index (κ1) is 19.9. The molecule has 0 aliphatic heterocycles. The van der Waals surface area contributed by atoms with E-state index in [1.807, 2.05) is 0 Å². The molecule has 144 valence electrons. The van der Waals surface area contributed by atoms with E-state index in [0.717, 1.165) is 11.9 Å². The number of imidazole rings is 1. The Bertz CT molecular complexity index is 914. The van der Waals surface area contributed by atoms with Gasteiger partial charge in [0.2, 0.25) is 0 Å². The SMILES string of the molecule is CCN(Sc1cc(OC)c2nccn2c1)[C@H](c1ccc(Cl)cc1)C(F)(F)F. The maximum atomic E-state index is 13.9. The number of pyridine rings is 1. The second-order valence-corrected chi connectivity index (χ2v) is 7.28. The lowest BCUT2D eigenvalue weighted by Gasteiger charge is -2.31. The van der Waals surface area contributed by atoms with Gasteiger partial charge in [-0.05, 0) is 29.6 Å². The van der Waals surface area contributed by atoms with Gasteiger partial charge in [0.05, 0.1) is 7.11 Å². The van der Waals surface area contributed by atoms with Gasteiger partial charge in [0.25, 0.3) is 0 Å². The fraction of sp³-hybridized carbons (Fsp3) is 0.278. The zero-order valence-electron chi connectivity index (χ0n) is 14.6. The largest absolute Gasteiger partial charge is 0.493 e. The third-order valence-corrected chi connectivity index (χ3v) is 5.36. The van der Waals surface area contributed by atoms with Crippen molar-refractivity contribution in [1.29, 1.82) is 0 Å². The average Bonchev–Trinajstić information content (AvgIpc) is 3.09. The maximum absolute atomic E-state index is 13.9. The summed E-state index contributed by atoms with van der Waals surface area (Å²) in [6.07, 6.45) is 0.613. The molecule has 0 N–H and O–H groups in total. The minimum Gasteiger partial charge on any atom is -0.493 e. The van der Waals surface area contributed by atoms with Crippen LogP contribution in [0.3, 0.4) is 0 Å². The lowest BCUT2D eigenvalue weighted by molar-refractivity contribution is -0.172. The van der Waals surface area contributed by atoms with Crippen molar-refractivity contribution < 1.29 is 17.9 Å². The van der Waals surface area contributed by atoms with E-state index in [1.54, 1.807) is 36.0 Å². The van der Waals surface area contributed by atoms with Crippen LogP contribution in [0.25, 0.3) is 5.65 Å². The molecular formula is C18H17ClF3N3OS. The molecule has 0 saturated carbocycles. The number of methoxy groups -OCH3 is 1. The van der Waals surface area contributed by atoms with Crippen molar-refractivity contribution >= 4 is 29.2 Å². The fourth-order valence-corrected chi connectivity index (χ4v) is 3.97. The summed E-state index contributed by atoms with van der Waals surface area (Å²) in [5, 5.41) is 0.394. The van der Waals surface area contributed by atoms with Gasteiger partial charge in [-0.2, -0.15) is 13.2 Å². The molecule has 0 aliphatic rings. The van der Waals surface area contributed by atoms with Gasteiger partial charge in [-0.3, -0.25) is 0 Å². The molecular weight excluding hydrogens is 399 g/mol. The van der Waals surface area contributed by atoms with Crippen LogP contribution in [0.15, 0.2) is 53.8 Å². The summed E-state index contributed by atoms with van der Waals surface area (Å²) in [4.78, 5) is 4.80. The van der Waals surface area contributed by atoms with E-state index in [4.69, 9.17) is 16.3 Å². The summed E-state index contributed by atoms with van der Waals surface area (Å²) in [7, 11) is 1.50. The summed E-state index contributed by atoms with van der Waals surface area (Å²) < 4.78 is 49.9. The predicted molar refractivity (Wildman–Crippen MR) is 100 cm³/mol. The van der Waals surface area contributed by atoms with Crippen molar-refractivity contribution in [3.8, 4) is 5.75 Å². The van der Waals surface area contributed by atoms with Gasteiger partial charge in [-0.25, -0.2) is 9.29 Å². The normalized spacial score (nSPS) is 13.3. The van der Waals surface area contributed by atoms with Gasteiger partial charge in [0, 0.05) is 41.1 Å².